The maximum Gasteiger partial charge on any atom is 0.274 e. The van der Waals surface area contributed by atoms with E-state index in [1.807, 2.05) is 0 Å². The second kappa shape index (κ2) is 5.57. The number of hydrogen-bond donors (Lipinski definition) is 1. The number of sulfonamides is 1. The molecule has 7 nitrogen and oxygen atoms in total. The van der Waals surface area contributed by atoms with Crippen molar-refractivity contribution in [1.82, 2.24) is 4.31 Å². The van der Waals surface area contributed by atoms with Crippen LogP contribution in [0.5, 0.6) is 0 Å². The van der Waals surface area contributed by atoms with Crippen molar-refractivity contribution in [2.75, 3.05) is 12.3 Å². The fraction of sp³-hybridized carbons (Fsp3) is 0.500. The third-order valence-corrected chi connectivity index (χ3v) is 5.68. The van der Waals surface area contributed by atoms with Crippen molar-refractivity contribution in [3.63, 3.8) is 0 Å². The van der Waals surface area contributed by atoms with Gasteiger partial charge in [-0.1, -0.05) is 6.42 Å². The molecule has 1 aromatic carbocycles. The van der Waals surface area contributed by atoms with Gasteiger partial charge in [-0.05, 0) is 19.8 Å². The summed E-state index contributed by atoms with van der Waals surface area (Å²) in [4.78, 5) is 9.14. The normalized spacial score (nSPS) is 20.4. The predicted molar refractivity (Wildman–Crippen MR) is 74.7 cm³/mol. The van der Waals surface area contributed by atoms with E-state index in [1.165, 1.54) is 4.31 Å². The molecule has 0 amide bonds. The Kier molecular flexibility index (Phi) is 4.15. The molecule has 1 unspecified atom stereocenters. The fourth-order valence-corrected chi connectivity index (χ4v) is 4.37. The Balaban J connectivity index is 2.52. The number of nitro groups is 1. The van der Waals surface area contributed by atoms with E-state index in [1.54, 1.807) is 6.92 Å². The van der Waals surface area contributed by atoms with Crippen molar-refractivity contribution in [2.45, 2.75) is 37.1 Å². The van der Waals surface area contributed by atoms with Crippen molar-refractivity contribution in [2.24, 2.45) is 0 Å². The number of piperidine rings is 1. The van der Waals surface area contributed by atoms with Crippen LogP contribution in [0, 0.1) is 15.9 Å². The van der Waals surface area contributed by atoms with Gasteiger partial charge in [0.1, 0.15) is 4.90 Å². The van der Waals surface area contributed by atoms with Crippen LogP contribution in [0.1, 0.15) is 26.2 Å². The van der Waals surface area contributed by atoms with Crippen LogP contribution < -0.4 is 5.73 Å². The lowest BCUT2D eigenvalue weighted by atomic mass is 10.1. The van der Waals surface area contributed by atoms with Gasteiger partial charge < -0.3 is 5.73 Å². The molecule has 1 aromatic rings. The minimum Gasteiger partial charge on any atom is -0.397 e. The molecule has 2 N–H and O–H groups in total. The van der Waals surface area contributed by atoms with E-state index in [-0.39, 0.29) is 6.04 Å². The van der Waals surface area contributed by atoms with Crippen LogP contribution in [-0.2, 0) is 10.0 Å². The van der Waals surface area contributed by atoms with Gasteiger partial charge in [0.2, 0.25) is 10.0 Å². The number of nitrogen functional groups attached to an aromatic ring is 1. The summed E-state index contributed by atoms with van der Waals surface area (Å²) in [5.74, 6) is -1.19. The molecule has 0 radical (unpaired) electrons. The van der Waals surface area contributed by atoms with Gasteiger partial charge in [-0.3, -0.25) is 10.1 Å². The van der Waals surface area contributed by atoms with Crippen LogP contribution in [0.2, 0.25) is 0 Å². The summed E-state index contributed by atoms with van der Waals surface area (Å²) >= 11 is 0. The smallest absolute Gasteiger partial charge is 0.274 e. The first-order chi connectivity index (χ1) is 9.75. The molecule has 1 saturated heterocycles. The summed E-state index contributed by atoms with van der Waals surface area (Å²) < 4.78 is 40.4. The van der Waals surface area contributed by atoms with Crippen LogP contribution in [-0.4, -0.2) is 30.2 Å². The largest absolute Gasteiger partial charge is 0.397 e. The zero-order valence-electron chi connectivity index (χ0n) is 11.5. The molecule has 2 rings (SSSR count). The lowest BCUT2D eigenvalue weighted by Gasteiger charge is -2.32. The van der Waals surface area contributed by atoms with E-state index in [4.69, 9.17) is 5.73 Å². The number of benzene rings is 1. The lowest BCUT2D eigenvalue weighted by molar-refractivity contribution is -0.385. The quantitative estimate of drug-likeness (QED) is 0.520. The molecule has 0 aliphatic carbocycles. The molecule has 0 saturated carbocycles. The minimum atomic E-state index is -4.10. The zero-order valence-corrected chi connectivity index (χ0v) is 12.3. The van der Waals surface area contributed by atoms with Crippen LogP contribution in [0.4, 0.5) is 15.8 Å². The molecule has 1 fully saturated rings. The topological polar surface area (TPSA) is 107 Å². The number of rotatable bonds is 3. The Morgan fingerprint density at radius 3 is 2.62 bits per heavy atom. The summed E-state index contributed by atoms with van der Waals surface area (Å²) in [5.41, 5.74) is 4.53. The van der Waals surface area contributed by atoms with Crippen molar-refractivity contribution in [3.05, 3.63) is 28.1 Å². The fourth-order valence-electron chi connectivity index (χ4n) is 2.52. The Morgan fingerprint density at radius 1 is 1.43 bits per heavy atom. The van der Waals surface area contributed by atoms with Gasteiger partial charge in [-0.15, -0.1) is 0 Å². The van der Waals surface area contributed by atoms with Gasteiger partial charge in [0.25, 0.3) is 5.69 Å². The Bertz CT molecular complexity index is 654. The molecule has 116 valence electrons. The van der Waals surface area contributed by atoms with Gasteiger partial charge >= 0.3 is 0 Å². The molecule has 1 aliphatic heterocycles. The van der Waals surface area contributed by atoms with Gasteiger partial charge in [0.15, 0.2) is 5.82 Å². The van der Waals surface area contributed by atoms with Gasteiger partial charge in [0, 0.05) is 18.7 Å². The highest BCUT2D eigenvalue weighted by Gasteiger charge is 2.35. The molecule has 1 heterocycles. The molecule has 0 spiro atoms. The molecule has 0 aromatic heterocycles. The minimum absolute atomic E-state index is 0.252. The van der Waals surface area contributed by atoms with E-state index in [9.17, 15) is 22.9 Å². The average molecular weight is 317 g/mol. The SMILES string of the molecule is CC1CCCCN1S(=O)(=O)c1c(N)cc([N+](=O)[O-])cc1F. The molecule has 1 aliphatic rings. The number of nitrogens with two attached hydrogens (primary N) is 1. The molecular formula is C12H16FN3O4S. The standard InChI is InChI=1S/C12H16FN3O4S/c1-8-4-2-3-5-15(8)21(19,20)12-10(13)6-9(16(17)18)7-11(12)14/h6-8H,2-5,14H2,1H3. The summed E-state index contributed by atoms with van der Waals surface area (Å²) in [6.45, 7) is 2.04. The summed E-state index contributed by atoms with van der Waals surface area (Å²) in [5, 5.41) is 10.6. The van der Waals surface area contributed by atoms with E-state index in [2.05, 4.69) is 0 Å². The molecular weight excluding hydrogens is 301 g/mol. The third kappa shape index (κ3) is 2.84. The number of halogens is 1. The number of nitro benzene ring substituents is 1. The van der Waals surface area contributed by atoms with E-state index >= 15 is 0 Å². The maximum absolute atomic E-state index is 14.1. The van der Waals surface area contributed by atoms with E-state index in [0.717, 1.165) is 12.5 Å². The first-order valence-electron chi connectivity index (χ1n) is 6.50. The van der Waals surface area contributed by atoms with Crippen LogP contribution in [0.3, 0.4) is 0 Å². The maximum atomic E-state index is 14.1. The summed E-state index contributed by atoms with van der Waals surface area (Å²) in [6, 6.07) is 1.19. The zero-order chi connectivity index (χ0) is 15.8. The second-order valence-corrected chi connectivity index (χ2v) is 6.89. The van der Waals surface area contributed by atoms with Crippen LogP contribution in [0.25, 0.3) is 0 Å². The number of non-ortho nitro benzene ring substituents is 1. The highest BCUT2D eigenvalue weighted by molar-refractivity contribution is 7.89. The highest BCUT2D eigenvalue weighted by atomic mass is 32.2. The summed E-state index contributed by atoms with van der Waals surface area (Å²) in [6.07, 6.45) is 2.29. The van der Waals surface area contributed by atoms with E-state index in [0.29, 0.717) is 25.5 Å². The predicted octanol–water partition coefficient (Wildman–Crippen LogP) is 1.88. The second-order valence-electron chi connectivity index (χ2n) is 5.06. The van der Waals surface area contributed by atoms with Gasteiger partial charge in [0.05, 0.1) is 16.7 Å². The molecule has 21 heavy (non-hydrogen) atoms. The van der Waals surface area contributed by atoms with Crippen molar-refractivity contribution in [1.29, 1.82) is 0 Å². The Hall–Kier alpha value is -1.74. The van der Waals surface area contributed by atoms with E-state index < -0.39 is 37.0 Å². The van der Waals surface area contributed by atoms with Gasteiger partial charge in [-0.2, -0.15) is 4.31 Å². The van der Waals surface area contributed by atoms with Gasteiger partial charge in [-0.25, -0.2) is 12.8 Å². The Morgan fingerprint density at radius 2 is 2.10 bits per heavy atom. The molecule has 0 bridgehead atoms. The first-order valence-corrected chi connectivity index (χ1v) is 7.94. The number of nitrogens with zero attached hydrogens (tertiary/aromatic N) is 2. The molecule has 1 atom stereocenters. The number of anilines is 1. The Labute approximate surface area is 121 Å². The summed E-state index contributed by atoms with van der Waals surface area (Å²) in [7, 11) is -4.10. The van der Waals surface area contributed by atoms with Crippen molar-refractivity contribution >= 4 is 21.4 Å². The third-order valence-electron chi connectivity index (χ3n) is 3.58. The molecule has 9 heteroatoms. The highest BCUT2D eigenvalue weighted by Crippen LogP contribution is 2.32. The van der Waals surface area contributed by atoms with Crippen molar-refractivity contribution < 1.29 is 17.7 Å². The van der Waals surface area contributed by atoms with Crippen LogP contribution >= 0.6 is 0 Å². The first kappa shape index (κ1) is 15.6. The van der Waals surface area contributed by atoms with Crippen LogP contribution in [0.15, 0.2) is 17.0 Å². The lowest BCUT2D eigenvalue weighted by Crippen LogP contribution is -2.42. The average Bonchev–Trinajstić information content (AvgIpc) is 2.37. The number of hydrogen-bond acceptors (Lipinski definition) is 5. The van der Waals surface area contributed by atoms with Crippen molar-refractivity contribution in [3.8, 4) is 0 Å². The monoisotopic (exact) mass is 317 g/mol.